The summed E-state index contributed by atoms with van der Waals surface area (Å²) in [5, 5.41) is 0. The van der Waals surface area contributed by atoms with Crippen LogP contribution in [0.1, 0.15) is 101 Å². The second kappa shape index (κ2) is 11.0. The van der Waals surface area contributed by atoms with Crippen molar-refractivity contribution in [3.05, 3.63) is 69.3 Å². The quantitative estimate of drug-likeness (QED) is 0.256. The molecule has 0 amide bonds. The SMILES string of the molecule is CCc1cc(C(C)(C)C)cc2c1-c1c(CC)c(C3=CC=CC3)c(C(C)(C)C)[c]([Zr]([CH3])([CH3])=[SiH2])c1C2.Cl.Cl. The Morgan fingerprint density at radius 3 is 1.94 bits per heavy atom. The number of allylic oxidation sites excluding steroid dienone is 4. The number of hydrogen-bond donors (Lipinski definition) is 0. The minimum atomic E-state index is -2.48. The minimum absolute atomic E-state index is 0. The van der Waals surface area contributed by atoms with E-state index >= 15 is 0 Å². The van der Waals surface area contributed by atoms with Crippen molar-refractivity contribution < 1.29 is 18.9 Å². The topological polar surface area (TPSA) is 0 Å². The number of fused-ring (bicyclic) bond motifs is 3. The summed E-state index contributed by atoms with van der Waals surface area (Å²) in [5.74, 6) is 0. The molecule has 2 aliphatic carbocycles. The zero-order valence-corrected chi connectivity index (χ0v) is 29.7. The Balaban J connectivity index is 0.00000228. The van der Waals surface area contributed by atoms with Crippen LogP contribution in [0.2, 0.25) is 9.26 Å². The molecule has 0 aliphatic heterocycles. The van der Waals surface area contributed by atoms with Crippen LogP contribution < -0.4 is 3.27 Å². The molecule has 0 saturated heterocycles. The van der Waals surface area contributed by atoms with E-state index in [1.165, 1.54) is 5.56 Å². The van der Waals surface area contributed by atoms with Gasteiger partial charge in [0.1, 0.15) is 0 Å². The molecule has 4 heteroatoms. The summed E-state index contributed by atoms with van der Waals surface area (Å²) in [6, 6.07) is 5.09. The monoisotopic (exact) mass is 619 g/mol. The first-order valence-corrected chi connectivity index (χ1v) is 25.4. The molecule has 0 bridgehead atoms. The summed E-state index contributed by atoms with van der Waals surface area (Å²) in [6.07, 6.45) is 11.4. The normalized spacial score (nSPS) is 14.7. The molecule has 36 heavy (non-hydrogen) atoms. The molecule has 2 aromatic carbocycles. The Morgan fingerprint density at radius 1 is 0.861 bits per heavy atom. The van der Waals surface area contributed by atoms with E-state index < -0.39 is 18.9 Å². The summed E-state index contributed by atoms with van der Waals surface area (Å²) in [7, 11) is 0. The molecule has 0 aromatic heterocycles. The number of aryl methyl sites for hydroxylation is 1. The van der Waals surface area contributed by atoms with E-state index in [2.05, 4.69) is 102 Å². The van der Waals surface area contributed by atoms with Crippen molar-refractivity contribution in [2.45, 2.75) is 101 Å². The molecule has 0 fully saturated rings. The molecule has 2 aromatic rings. The maximum atomic E-state index is 2.65. The molecule has 0 heterocycles. The first-order valence-electron chi connectivity index (χ1n) is 13.3. The molecule has 2 aliphatic rings. The van der Waals surface area contributed by atoms with Crippen LogP contribution in [-0.4, -0.2) is 6.88 Å². The van der Waals surface area contributed by atoms with Crippen molar-refractivity contribution in [2.24, 2.45) is 0 Å². The Morgan fingerprint density at radius 2 is 1.50 bits per heavy atom. The maximum absolute atomic E-state index is 2.65. The van der Waals surface area contributed by atoms with E-state index in [4.69, 9.17) is 0 Å². The fourth-order valence-electron chi connectivity index (χ4n) is 6.31. The van der Waals surface area contributed by atoms with Crippen molar-refractivity contribution in [1.29, 1.82) is 0 Å². The number of rotatable bonds is 4. The molecule has 197 valence electrons. The molecular formula is C32H47Cl2SiZr. The Bertz CT molecular complexity index is 1280. The molecule has 0 nitrogen and oxygen atoms in total. The summed E-state index contributed by atoms with van der Waals surface area (Å²) < 4.78 is 7.13. The molecule has 0 spiro atoms. The van der Waals surface area contributed by atoms with Gasteiger partial charge in [0, 0.05) is 0 Å². The van der Waals surface area contributed by atoms with Crippen molar-refractivity contribution in [3.8, 4) is 11.1 Å². The molecule has 0 saturated carbocycles. The standard InChI is InChI=1S/C30H37.2CH3.2ClH.H2Si.Zr/c1-9-19-16-23(29(3,4)5)17-21-15-22-18-25(30(6,7)8)27(20-13-11-12-14-20)24(10-2)28(22)26(19)21;;;;;;/h11-13,16-17H,9-10,14-15H2,1-8H3;2*1H3;2*1H;1H2;. The molecule has 0 atom stereocenters. The molecule has 0 radical (unpaired) electrons. The summed E-state index contributed by atoms with van der Waals surface area (Å²) in [4.78, 5) is 0. The molecule has 0 unspecified atom stereocenters. The Kier molecular flexibility index (Phi) is 9.72. The van der Waals surface area contributed by atoms with Gasteiger partial charge in [0.05, 0.1) is 0 Å². The third-order valence-electron chi connectivity index (χ3n) is 7.75. The first kappa shape index (κ1) is 31.8. The van der Waals surface area contributed by atoms with Gasteiger partial charge in [-0.3, -0.25) is 0 Å². The second-order valence-corrected chi connectivity index (χ2v) is 34.2. The van der Waals surface area contributed by atoms with Gasteiger partial charge in [0.25, 0.3) is 0 Å². The smallest absolute Gasteiger partial charge is 0.147 e. The largest absolute Gasteiger partial charge is 0.147 e. The average Bonchev–Trinajstić information content (AvgIpc) is 3.36. The van der Waals surface area contributed by atoms with Gasteiger partial charge >= 0.3 is 216 Å². The second-order valence-electron chi connectivity index (χ2n) is 13.2. The van der Waals surface area contributed by atoms with Crippen LogP contribution in [0.3, 0.4) is 0 Å². The third kappa shape index (κ3) is 5.50. The Labute approximate surface area is 239 Å². The van der Waals surface area contributed by atoms with Crippen molar-refractivity contribution in [3.63, 3.8) is 0 Å². The van der Waals surface area contributed by atoms with Gasteiger partial charge in [-0.1, -0.05) is 0 Å². The fourth-order valence-corrected chi connectivity index (χ4v) is 14.0. The van der Waals surface area contributed by atoms with Gasteiger partial charge in [-0.25, -0.2) is 0 Å². The predicted octanol–water partition coefficient (Wildman–Crippen LogP) is 8.59. The number of hydrogen-bond acceptors (Lipinski definition) is 0. The van der Waals surface area contributed by atoms with Crippen LogP contribution in [-0.2, 0) is 49.0 Å². The van der Waals surface area contributed by atoms with E-state index in [9.17, 15) is 0 Å². The van der Waals surface area contributed by atoms with E-state index in [-0.39, 0.29) is 35.6 Å². The van der Waals surface area contributed by atoms with Crippen molar-refractivity contribution in [2.75, 3.05) is 0 Å². The summed E-state index contributed by atoms with van der Waals surface area (Å²) >= 11 is -2.48. The number of benzene rings is 2. The average molecular weight is 622 g/mol. The first-order chi connectivity index (χ1) is 15.7. The number of halogens is 2. The summed E-state index contributed by atoms with van der Waals surface area (Å²) in [5.41, 5.74) is 16.4. The van der Waals surface area contributed by atoms with Crippen LogP contribution >= 0.6 is 24.8 Å². The van der Waals surface area contributed by atoms with E-state index in [1.807, 2.05) is 3.27 Å². The zero-order valence-electron chi connectivity index (χ0n) is 24.2. The van der Waals surface area contributed by atoms with E-state index in [0.29, 0.717) is 0 Å². The van der Waals surface area contributed by atoms with Gasteiger partial charge in [-0.15, -0.1) is 24.8 Å². The van der Waals surface area contributed by atoms with Gasteiger partial charge < -0.3 is 0 Å². The van der Waals surface area contributed by atoms with Crippen LogP contribution in [0.5, 0.6) is 0 Å². The fraction of sp³-hybridized carbons (Fsp3) is 0.500. The van der Waals surface area contributed by atoms with Gasteiger partial charge in [0.2, 0.25) is 0 Å². The zero-order chi connectivity index (χ0) is 25.2. The van der Waals surface area contributed by atoms with Gasteiger partial charge in [0.15, 0.2) is 0 Å². The van der Waals surface area contributed by atoms with Crippen LogP contribution in [0, 0.1) is 0 Å². The van der Waals surface area contributed by atoms with E-state index in [1.54, 1.807) is 50.1 Å². The Hall–Kier alpha value is -0.400. The molecular weight excluding hydrogens is 575 g/mol. The van der Waals surface area contributed by atoms with Crippen LogP contribution in [0.4, 0.5) is 0 Å². The molecule has 0 N–H and O–H groups in total. The van der Waals surface area contributed by atoms with Gasteiger partial charge in [-0.2, -0.15) is 0 Å². The van der Waals surface area contributed by atoms with Crippen molar-refractivity contribution in [1.82, 2.24) is 0 Å². The van der Waals surface area contributed by atoms with Gasteiger partial charge in [-0.05, 0) is 0 Å². The summed E-state index contributed by atoms with van der Waals surface area (Å²) in [6.45, 7) is 21.6. The predicted molar refractivity (Wildman–Crippen MR) is 167 cm³/mol. The maximum Gasteiger partial charge on any atom is -0.147 e. The minimum Gasteiger partial charge on any atom is -0.147 e. The van der Waals surface area contributed by atoms with E-state index in [0.717, 1.165) is 25.7 Å². The third-order valence-corrected chi connectivity index (χ3v) is 14.5. The molecule has 4 rings (SSSR count). The van der Waals surface area contributed by atoms with Crippen LogP contribution in [0.15, 0.2) is 30.4 Å². The van der Waals surface area contributed by atoms with Crippen molar-refractivity contribution >= 4 is 40.5 Å². The van der Waals surface area contributed by atoms with Crippen LogP contribution in [0.25, 0.3) is 16.7 Å².